The van der Waals surface area contributed by atoms with Crippen LogP contribution in [-0.4, -0.2) is 18.0 Å². The summed E-state index contributed by atoms with van der Waals surface area (Å²) in [6, 6.07) is 15.3. The van der Waals surface area contributed by atoms with Gasteiger partial charge in [-0.15, -0.1) is 0 Å². The minimum atomic E-state index is -0.445. The number of ether oxygens (including phenoxy) is 1. The number of fused-ring (bicyclic) bond motifs is 1. The molecule has 3 aromatic rings. The van der Waals surface area contributed by atoms with Crippen LogP contribution in [0.1, 0.15) is 10.5 Å². The summed E-state index contributed by atoms with van der Waals surface area (Å²) in [7, 11) is 1.63. The summed E-state index contributed by atoms with van der Waals surface area (Å²) in [4.78, 5) is 14.8. The Morgan fingerprint density at radius 2 is 2.00 bits per heavy atom. The van der Waals surface area contributed by atoms with Crippen LogP contribution in [0.15, 0.2) is 48.5 Å². The summed E-state index contributed by atoms with van der Waals surface area (Å²) in [5, 5.41) is 11.6. The maximum Gasteiger partial charge on any atom is 0.280 e. The molecule has 1 amide bonds. The predicted octanol–water partition coefficient (Wildman–Crippen LogP) is 3.05. The number of para-hydroxylation sites is 1. The molecule has 0 aliphatic rings. The molecule has 0 unspecified atom stereocenters. The minimum absolute atomic E-state index is 0.359. The summed E-state index contributed by atoms with van der Waals surface area (Å²) in [6.07, 6.45) is 1.64. The minimum Gasteiger partial charge on any atom is -0.497 e. The molecular weight excluding hydrogens is 278 g/mol. The first-order valence-corrected chi connectivity index (χ1v) is 6.68. The molecule has 3 rings (SSSR count). The number of H-pyrrole nitrogens is 1. The Labute approximate surface area is 127 Å². The second-order valence-corrected chi connectivity index (χ2v) is 4.75. The van der Waals surface area contributed by atoms with E-state index in [-0.39, 0.29) is 0 Å². The highest BCUT2D eigenvalue weighted by atomic mass is 16.5. The number of aromatic nitrogens is 1. The molecule has 0 aliphatic carbocycles. The van der Waals surface area contributed by atoms with Gasteiger partial charge in [0.2, 0.25) is 0 Å². The number of nitrogens with one attached hydrogen (secondary N) is 2. The number of rotatable bonds is 3. The molecule has 0 atom stereocenters. The van der Waals surface area contributed by atoms with E-state index in [2.05, 4.69) is 10.3 Å². The standard InChI is InChI=1S/C17H13N3O2/c1-22-13-7-5-11(6-8-13)14-4-2-3-12-9-15(20-16(12)14)17(21)19-10-18/h2-9,20H,1H3,(H,19,21). The zero-order chi connectivity index (χ0) is 15.5. The molecule has 0 fully saturated rings. The zero-order valence-electron chi connectivity index (χ0n) is 11.9. The lowest BCUT2D eigenvalue weighted by molar-refractivity contribution is 0.0969. The molecular formula is C17H13N3O2. The number of nitrogens with zero attached hydrogens (tertiary/aromatic N) is 1. The number of hydrogen-bond acceptors (Lipinski definition) is 3. The predicted molar refractivity (Wildman–Crippen MR) is 83.4 cm³/mol. The van der Waals surface area contributed by atoms with Crippen LogP contribution >= 0.6 is 0 Å². The Hall–Kier alpha value is -3.26. The van der Waals surface area contributed by atoms with Crippen LogP contribution in [0.2, 0.25) is 0 Å². The van der Waals surface area contributed by atoms with Gasteiger partial charge in [0, 0.05) is 10.9 Å². The number of benzene rings is 2. The average molecular weight is 291 g/mol. The number of nitriles is 1. The first-order chi connectivity index (χ1) is 10.7. The second kappa shape index (κ2) is 5.62. The molecule has 0 bridgehead atoms. The molecule has 1 heterocycles. The van der Waals surface area contributed by atoms with Crippen molar-refractivity contribution in [2.45, 2.75) is 0 Å². The van der Waals surface area contributed by atoms with Crippen molar-refractivity contribution in [3.05, 3.63) is 54.2 Å². The summed E-state index contributed by atoms with van der Waals surface area (Å²) in [5.41, 5.74) is 3.21. The molecule has 0 saturated carbocycles. The number of carbonyl (C=O) groups excluding carboxylic acids is 1. The van der Waals surface area contributed by atoms with Gasteiger partial charge in [-0.2, -0.15) is 5.26 Å². The third-order valence-corrected chi connectivity index (χ3v) is 3.47. The van der Waals surface area contributed by atoms with Gasteiger partial charge >= 0.3 is 0 Å². The monoisotopic (exact) mass is 291 g/mol. The van der Waals surface area contributed by atoms with Crippen molar-refractivity contribution in [2.75, 3.05) is 7.11 Å². The van der Waals surface area contributed by atoms with Crippen LogP contribution in [0.5, 0.6) is 5.75 Å². The van der Waals surface area contributed by atoms with Crippen molar-refractivity contribution < 1.29 is 9.53 Å². The van der Waals surface area contributed by atoms with Gasteiger partial charge in [0.15, 0.2) is 6.19 Å². The SMILES string of the molecule is COc1ccc(-c2cccc3cc(C(=O)NC#N)[nH]c23)cc1. The third-order valence-electron chi connectivity index (χ3n) is 3.47. The highest BCUT2D eigenvalue weighted by Gasteiger charge is 2.12. The fraction of sp³-hybridized carbons (Fsp3) is 0.0588. The Kier molecular flexibility index (Phi) is 3.50. The van der Waals surface area contributed by atoms with Gasteiger partial charge in [-0.3, -0.25) is 10.1 Å². The number of hydrogen-bond donors (Lipinski definition) is 2. The molecule has 0 spiro atoms. The van der Waals surface area contributed by atoms with Crippen molar-refractivity contribution >= 4 is 16.8 Å². The van der Waals surface area contributed by atoms with Crippen molar-refractivity contribution in [2.24, 2.45) is 0 Å². The van der Waals surface area contributed by atoms with Crippen LogP contribution < -0.4 is 10.1 Å². The Morgan fingerprint density at radius 1 is 1.23 bits per heavy atom. The molecule has 1 aromatic heterocycles. The van der Waals surface area contributed by atoms with E-state index in [4.69, 9.17) is 10.00 Å². The molecule has 2 aromatic carbocycles. The molecule has 2 N–H and O–H groups in total. The normalized spacial score (nSPS) is 10.2. The highest BCUT2D eigenvalue weighted by Crippen LogP contribution is 2.29. The van der Waals surface area contributed by atoms with Crippen molar-refractivity contribution in [3.8, 4) is 23.1 Å². The maximum atomic E-state index is 11.8. The van der Waals surface area contributed by atoms with Crippen molar-refractivity contribution in [1.82, 2.24) is 10.3 Å². The summed E-state index contributed by atoms with van der Waals surface area (Å²) < 4.78 is 5.16. The van der Waals surface area contributed by atoms with Crippen LogP contribution in [0, 0.1) is 11.5 Å². The number of methoxy groups -OCH3 is 1. The van der Waals surface area contributed by atoms with Gasteiger partial charge in [0.1, 0.15) is 11.4 Å². The highest BCUT2D eigenvalue weighted by molar-refractivity contribution is 6.02. The van der Waals surface area contributed by atoms with E-state index in [1.807, 2.05) is 42.5 Å². The van der Waals surface area contributed by atoms with E-state index in [0.717, 1.165) is 27.8 Å². The van der Waals surface area contributed by atoms with Crippen molar-refractivity contribution in [3.63, 3.8) is 0 Å². The maximum absolute atomic E-state index is 11.8. The van der Waals surface area contributed by atoms with Crippen molar-refractivity contribution in [1.29, 1.82) is 5.26 Å². The summed E-state index contributed by atoms with van der Waals surface area (Å²) in [6.45, 7) is 0. The summed E-state index contributed by atoms with van der Waals surface area (Å²) in [5.74, 6) is 0.343. The van der Waals surface area contributed by atoms with E-state index in [1.54, 1.807) is 19.4 Å². The number of amides is 1. The van der Waals surface area contributed by atoms with E-state index < -0.39 is 5.91 Å². The van der Waals surface area contributed by atoms with E-state index in [1.165, 1.54) is 0 Å². The molecule has 0 radical (unpaired) electrons. The first kappa shape index (κ1) is 13.7. The Balaban J connectivity index is 2.09. The van der Waals surface area contributed by atoms with Gasteiger partial charge in [-0.25, -0.2) is 0 Å². The van der Waals surface area contributed by atoms with Crippen LogP contribution in [0.25, 0.3) is 22.0 Å². The summed E-state index contributed by atoms with van der Waals surface area (Å²) >= 11 is 0. The molecule has 5 nitrogen and oxygen atoms in total. The van der Waals surface area contributed by atoms with Crippen LogP contribution in [0.3, 0.4) is 0 Å². The van der Waals surface area contributed by atoms with Gasteiger partial charge in [-0.1, -0.05) is 30.3 Å². The third kappa shape index (κ3) is 2.38. The average Bonchev–Trinajstić information content (AvgIpc) is 2.99. The topological polar surface area (TPSA) is 77.9 Å². The molecule has 22 heavy (non-hydrogen) atoms. The van der Waals surface area contributed by atoms with Gasteiger partial charge in [0.25, 0.3) is 5.91 Å². The lowest BCUT2D eigenvalue weighted by Crippen LogP contribution is -2.17. The lowest BCUT2D eigenvalue weighted by atomic mass is 10.0. The largest absolute Gasteiger partial charge is 0.497 e. The Bertz CT molecular complexity index is 873. The van der Waals surface area contributed by atoms with Gasteiger partial charge in [-0.05, 0) is 23.8 Å². The number of aromatic amines is 1. The van der Waals surface area contributed by atoms with E-state index in [0.29, 0.717) is 5.69 Å². The van der Waals surface area contributed by atoms with E-state index in [9.17, 15) is 4.79 Å². The fourth-order valence-electron chi connectivity index (χ4n) is 2.41. The smallest absolute Gasteiger partial charge is 0.280 e. The van der Waals surface area contributed by atoms with Crippen LogP contribution in [0.4, 0.5) is 0 Å². The second-order valence-electron chi connectivity index (χ2n) is 4.75. The molecule has 108 valence electrons. The molecule has 5 heteroatoms. The molecule has 0 saturated heterocycles. The van der Waals surface area contributed by atoms with Gasteiger partial charge in [0.05, 0.1) is 12.6 Å². The lowest BCUT2D eigenvalue weighted by Gasteiger charge is -2.05. The zero-order valence-corrected chi connectivity index (χ0v) is 11.9. The van der Waals surface area contributed by atoms with E-state index >= 15 is 0 Å². The van der Waals surface area contributed by atoms with Gasteiger partial charge < -0.3 is 9.72 Å². The van der Waals surface area contributed by atoms with Crippen LogP contribution in [-0.2, 0) is 0 Å². The number of carbonyl (C=O) groups is 1. The quantitative estimate of drug-likeness (QED) is 0.575. The Morgan fingerprint density at radius 3 is 2.68 bits per heavy atom. The molecule has 0 aliphatic heterocycles. The first-order valence-electron chi connectivity index (χ1n) is 6.68. The fourth-order valence-corrected chi connectivity index (χ4v) is 2.41.